The van der Waals surface area contributed by atoms with Gasteiger partial charge in [-0.25, -0.2) is 0 Å². The molecule has 1 aromatic carbocycles. The van der Waals surface area contributed by atoms with Crippen molar-refractivity contribution in [2.24, 2.45) is 5.41 Å². The van der Waals surface area contributed by atoms with Crippen LogP contribution in [0, 0.1) is 5.41 Å². The van der Waals surface area contributed by atoms with Gasteiger partial charge in [0.15, 0.2) is 0 Å². The van der Waals surface area contributed by atoms with Gasteiger partial charge in [0.25, 0.3) is 0 Å². The van der Waals surface area contributed by atoms with Gasteiger partial charge in [0.05, 0.1) is 16.7 Å². The second-order valence-electron chi connectivity index (χ2n) is 5.61. The molecule has 2 N–H and O–H groups in total. The maximum Gasteiger partial charge on any atom is 0.418 e. The van der Waals surface area contributed by atoms with E-state index in [0.29, 0.717) is 0 Å². The normalized spacial score (nSPS) is 22.4. The third kappa shape index (κ3) is 3.55. The molecule has 2 amide bonds. The van der Waals surface area contributed by atoms with Crippen molar-refractivity contribution in [3.63, 3.8) is 0 Å². The lowest BCUT2D eigenvalue weighted by atomic mass is 10.1. The number of rotatable bonds is 3. The highest BCUT2D eigenvalue weighted by Gasteiger charge is 2.68. The van der Waals surface area contributed by atoms with E-state index in [9.17, 15) is 22.8 Å². The largest absolute Gasteiger partial charge is 0.418 e. The smallest absolute Gasteiger partial charge is 0.326 e. The van der Waals surface area contributed by atoms with Crippen LogP contribution in [-0.4, -0.2) is 16.1 Å². The lowest BCUT2D eigenvalue weighted by molar-refractivity contribution is -0.137. The Morgan fingerprint density at radius 2 is 1.78 bits per heavy atom. The second kappa shape index (κ2) is 5.56. The van der Waals surface area contributed by atoms with Gasteiger partial charge < -0.3 is 10.6 Å². The van der Waals surface area contributed by atoms with Crippen molar-refractivity contribution in [1.29, 1.82) is 0 Å². The minimum atomic E-state index is -4.71. The molecule has 9 heteroatoms. The molecule has 2 rings (SSSR count). The van der Waals surface area contributed by atoms with Crippen LogP contribution >= 0.6 is 23.2 Å². The van der Waals surface area contributed by atoms with Crippen molar-refractivity contribution in [3.8, 4) is 0 Å². The fraction of sp³-hybridized carbons (Fsp3) is 0.429. The first-order chi connectivity index (χ1) is 10.4. The number of hydrogen-bond donors (Lipinski definition) is 2. The molecule has 0 saturated heterocycles. The Bertz CT molecular complexity index is 676. The Kier molecular flexibility index (Phi) is 4.32. The number of nitrogens with one attached hydrogen (secondary N) is 2. The number of carbonyl (C=O) groups is 2. The first-order valence-corrected chi connectivity index (χ1v) is 7.30. The van der Waals surface area contributed by atoms with Gasteiger partial charge in [-0.15, -0.1) is 23.2 Å². The fourth-order valence-corrected chi connectivity index (χ4v) is 2.78. The average molecular weight is 369 g/mol. The summed E-state index contributed by atoms with van der Waals surface area (Å²) in [4.78, 5) is 23.1. The van der Waals surface area contributed by atoms with Gasteiger partial charge in [0.2, 0.25) is 11.8 Å². The molecular formula is C14H13Cl2F3N2O2. The molecule has 1 atom stereocenters. The zero-order valence-electron chi connectivity index (χ0n) is 12.1. The van der Waals surface area contributed by atoms with Gasteiger partial charge in [-0.1, -0.05) is 0 Å². The second-order valence-corrected chi connectivity index (χ2v) is 7.09. The zero-order chi connectivity index (χ0) is 17.6. The van der Waals surface area contributed by atoms with Crippen molar-refractivity contribution in [1.82, 2.24) is 0 Å². The number of benzene rings is 1. The van der Waals surface area contributed by atoms with Crippen molar-refractivity contribution >= 4 is 46.4 Å². The number of carbonyl (C=O) groups excluding carboxylic acids is 2. The van der Waals surface area contributed by atoms with E-state index >= 15 is 0 Å². The summed E-state index contributed by atoms with van der Waals surface area (Å²) in [6.07, 6.45) is -4.55. The van der Waals surface area contributed by atoms with Crippen LogP contribution < -0.4 is 10.6 Å². The summed E-state index contributed by atoms with van der Waals surface area (Å²) in [5.41, 5.74) is -2.66. The van der Waals surface area contributed by atoms with Gasteiger partial charge in [0.1, 0.15) is 4.33 Å². The molecule has 0 bridgehead atoms. The van der Waals surface area contributed by atoms with E-state index in [1.165, 1.54) is 19.9 Å². The Labute approximate surface area is 140 Å². The van der Waals surface area contributed by atoms with Crippen LogP contribution in [0.4, 0.5) is 24.5 Å². The molecule has 1 aromatic rings. The predicted molar refractivity (Wildman–Crippen MR) is 81.5 cm³/mol. The van der Waals surface area contributed by atoms with Crippen LogP contribution in [0.25, 0.3) is 0 Å². The highest BCUT2D eigenvalue weighted by atomic mass is 35.5. The summed E-state index contributed by atoms with van der Waals surface area (Å²) in [7, 11) is 0. The lowest BCUT2D eigenvalue weighted by Gasteiger charge is -2.18. The summed E-state index contributed by atoms with van der Waals surface area (Å²) in [5, 5.41) is 4.47. The summed E-state index contributed by atoms with van der Waals surface area (Å²) in [6.45, 7) is 2.65. The monoisotopic (exact) mass is 368 g/mol. The predicted octanol–water partition coefficient (Wildman–Crippen LogP) is 4.19. The van der Waals surface area contributed by atoms with Crippen molar-refractivity contribution in [2.75, 3.05) is 10.6 Å². The van der Waals surface area contributed by atoms with Gasteiger partial charge in [-0.05, 0) is 31.5 Å². The molecule has 0 radical (unpaired) electrons. The van der Waals surface area contributed by atoms with E-state index < -0.39 is 39.0 Å². The minimum absolute atomic E-state index is 0.0236. The SMILES string of the molecule is CC(=O)Nc1ccc(NC(=O)[C@@]2(C)CC2(Cl)Cl)c(C(F)(F)F)c1. The Hall–Kier alpha value is -1.47. The first kappa shape index (κ1) is 17.9. The molecule has 0 aromatic heterocycles. The molecule has 1 saturated carbocycles. The van der Waals surface area contributed by atoms with Crippen LogP contribution in [0.15, 0.2) is 18.2 Å². The number of amides is 2. The Morgan fingerprint density at radius 3 is 2.22 bits per heavy atom. The first-order valence-electron chi connectivity index (χ1n) is 6.55. The van der Waals surface area contributed by atoms with E-state index in [4.69, 9.17) is 23.2 Å². The van der Waals surface area contributed by atoms with Gasteiger partial charge >= 0.3 is 6.18 Å². The number of halogens is 5. The molecule has 1 fully saturated rings. The van der Waals surface area contributed by atoms with Gasteiger partial charge in [-0.2, -0.15) is 13.2 Å². The molecule has 0 heterocycles. The third-order valence-corrected chi connectivity index (χ3v) is 4.75. The van der Waals surface area contributed by atoms with Crippen LogP contribution in [-0.2, 0) is 15.8 Å². The number of anilines is 2. The molecule has 1 aliphatic carbocycles. The zero-order valence-corrected chi connectivity index (χ0v) is 13.7. The van der Waals surface area contributed by atoms with Crippen molar-refractivity contribution in [3.05, 3.63) is 23.8 Å². The number of hydrogen-bond acceptors (Lipinski definition) is 2. The molecule has 0 spiro atoms. The van der Waals surface area contributed by atoms with Crippen molar-refractivity contribution in [2.45, 2.75) is 30.8 Å². The van der Waals surface area contributed by atoms with Crippen molar-refractivity contribution < 1.29 is 22.8 Å². The number of alkyl halides is 5. The van der Waals surface area contributed by atoms with Gasteiger partial charge in [-0.3, -0.25) is 9.59 Å². The maximum atomic E-state index is 13.2. The van der Waals surface area contributed by atoms with E-state index in [1.807, 2.05) is 0 Å². The van der Waals surface area contributed by atoms with E-state index in [1.54, 1.807) is 0 Å². The molecule has 0 aliphatic heterocycles. The van der Waals surface area contributed by atoms with E-state index in [2.05, 4.69) is 10.6 Å². The summed E-state index contributed by atoms with van der Waals surface area (Å²) in [6, 6.07) is 3.08. The highest BCUT2D eigenvalue weighted by molar-refractivity contribution is 6.53. The summed E-state index contributed by atoms with van der Waals surface area (Å²) in [5.74, 6) is -1.20. The Morgan fingerprint density at radius 1 is 1.22 bits per heavy atom. The molecule has 0 unspecified atom stereocenters. The summed E-state index contributed by atoms with van der Waals surface area (Å²) >= 11 is 11.7. The van der Waals surface area contributed by atoms with Crippen LogP contribution in [0.3, 0.4) is 0 Å². The molecule has 1 aliphatic rings. The van der Waals surface area contributed by atoms with Crippen LogP contribution in [0.2, 0.25) is 0 Å². The highest BCUT2D eigenvalue weighted by Crippen LogP contribution is 2.64. The van der Waals surface area contributed by atoms with E-state index in [-0.39, 0.29) is 12.1 Å². The molecular weight excluding hydrogens is 356 g/mol. The van der Waals surface area contributed by atoms with Crippen LogP contribution in [0.1, 0.15) is 25.8 Å². The van der Waals surface area contributed by atoms with Gasteiger partial charge in [0, 0.05) is 12.6 Å². The quantitative estimate of drug-likeness (QED) is 0.786. The van der Waals surface area contributed by atoms with Crippen LogP contribution in [0.5, 0.6) is 0 Å². The van der Waals surface area contributed by atoms with E-state index in [0.717, 1.165) is 12.1 Å². The topological polar surface area (TPSA) is 58.2 Å². The third-order valence-electron chi connectivity index (χ3n) is 3.65. The standard InChI is InChI=1S/C14H13Cl2F3N2O2/c1-7(22)20-8-3-4-10(9(5-8)14(17,18)19)21-11(23)12(2)6-13(12,15)16/h3-5H,6H2,1-2H3,(H,20,22)(H,21,23)/t12-/m1/s1. The molecule has 126 valence electrons. The fourth-order valence-electron chi connectivity index (χ4n) is 2.08. The molecule has 23 heavy (non-hydrogen) atoms. The lowest BCUT2D eigenvalue weighted by Crippen LogP contribution is -2.27. The Balaban J connectivity index is 2.31. The average Bonchev–Trinajstić information content (AvgIpc) is 2.90. The summed E-state index contributed by atoms with van der Waals surface area (Å²) < 4.78 is 38.2. The minimum Gasteiger partial charge on any atom is -0.326 e. The maximum absolute atomic E-state index is 13.2. The molecule has 4 nitrogen and oxygen atoms in total.